The van der Waals surface area contributed by atoms with Gasteiger partial charge in [0.25, 0.3) is 0 Å². The van der Waals surface area contributed by atoms with Crippen LogP contribution in [0, 0.1) is 5.41 Å². The Morgan fingerprint density at radius 1 is 1.32 bits per heavy atom. The quantitative estimate of drug-likeness (QED) is 0.884. The van der Waals surface area contributed by atoms with Crippen molar-refractivity contribution in [2.75, 3.05) is 5.32 Å². The number of hydrogen-bond acceptors (Lipinski definition) is 4. The van der Waals surface area contributed by atoms with Crippen LogP contribution in [0.15, 0.2) is 17.0 Å². The molecule has 0 atom stereocenters. The van der Waals surface area contributed by atoms with Crippen molar-refractivity contribution < 1.29 is 14.7 Å². The molecule has 1 amide bonds. The lowest BCUT2D eigenvalue weighted by Crippen LogP contribution is -2.32. The highest BCUT2D eigenvalue weighted by atomic mass is 79.9. The Hall–Kier alpha value is -1.50. The van der Waals surface area contributed by atoms with E-state index in [4.69, 9.17) is 0 Å². The lowest BCUT2D eigenvalue weighted by Gasteiger charge is -2.22. The van der Waals surface area contributed by atoms with Crippen molar-refractivity contribution >= 4 is 33.6 Å². The fourth-order valence-electron chi connectivity index (χ4n) is 2.39. The highest BCUT2D eigenvalue weighted by molar-refractivity contribution is 9.10. The Morgan fingerprint density at radius 3 is 2.53 bits per heavy atom. The Kier molecular flexibility index (Phi) is 4.14. The number of amides is 1. The molecule has 2 N–H and O–H groups in total. The number of carbonyl (C=O) groups excluding carboxylic acids is 1. The molecule has 0 unspecified atom stereocenters. The van der Waals surface area contributed by atoms with Crippen LogP contribution in [0.4, 0.5) is 5.82 Å². The second-order valence-electron chi connectivity index (χ2n) is 4.74. The van der Waals surface area contributed by atoms with E-state index >= 15 is 0 Å². The number of anilines is 1. The summed E-state index contributed by atoms with van der Waals surface area (Å²) in [5, 5.41) is 11.9. The number of aliphatic carboxylic acids is 1. The monoisotopic (exact) mass is 327 g/mol. The van der Waals surface area contributed by atoms with Gasteiger partial charge < -0.3 is 10.4 Å². The second-order valence-corrected chi connectivity index (χ2v) is 5.55. The topological polar surface area (TPSA) is 92.2 Å². The third-order valence-corrected chi connectivity index (χ3v) is 3.81. The average Bonchev–Trinajstić information content (AvgIpc) is 2.82. The van der Waals surface area contributed by atoms with Crippen molar-refractivity contribution in [1.29, 1.82) is 0 Å². The van der Waals surface area contributed by atoms with Gasteiger partial charge in [-0.3, -0.25) is 9.59 Å². The largest absolute Gasteiger partial charge is 0.481 e. The van der Waals surface area contributed by atoms with Gasteiger partial charge in [-0.1, -0.05) is 12.8 Å². The summed E-state index contributed by atoms with van der Waals surface area (Å²) >= 11 is 3.15. The van der Waals surface area contributed by atoms with E-state index in [-0.39, 0.29) is 12.3 Å². The van der Waals surface area contributed by atoms with E-state index in [1.807, 2.05) is 0 Å². The van der Waals surface area contributed by atoms with E-state index in [9.17, 15) is 14.7 Å². The summed E-state index contributed by atoms with van der Waals surface area (Å²) in [5.41, 5.74) is -0.910. The van der Waals surface area contributed by atoms with Crippen LogP contribution < -0.4 is 5.32 Å². The molecule has 102 valence electrons. The van der Waals surface area contributed by atoms with Crippen LogP contribution in [0.1, 0.15) is 32.1 Å². The van der Waals surface area contributed by atoms with Gasteiger partial charge in [-0.2, -0.15) is 0 Å². The Balaban J connectivity index is 2.00. The van der Waals surface area contributed by atoms with Gasteiger partial charge in [0, 0.05) is 6.42 Å². The van der Waals surface area contributed by atoms with Crippen LogP contribution >= 0.6 is 15.9 Å². The maximum atomic E-state index is 11.9. The molecule has 1 saturated carbocycles. The van der Waals surface area contributed by atoms with Gasteiger partial charge in [-0.25, -0.2) is 9.97 Å². The molecule has 2 rings (SSSR count). The predicted octanol–water partition coefficient (Wildman–Crippen LogP) is 2.21. The lowest BCUT2D eigenvalue weighted by atomic mass is 9.82. The molecule has 0 aromatic carbocycles. The normalized spacial score (nSPS) is 17.1. The van der Waals surface area contributed by atoms with Crippen LogP contribution in [0.25, 0.3) is 0 Å². The first kappa shape index (κ1) is 13.9. The number of rotatable bonds is 4. The van der Waals surface area contributed by atoms with Gasteiger partial charge in [-0.05, 0) is 28.8 Å². The number of nitrogens with zero attached hydrogens (tertiary/aromatic N) is 2. The van der Waals surface area contributed by atoms with E-state index in [2.05, 4.69) is 31.2 Å². The summed E-state index contributed by atoms with van der Waals surface area (Å²) in [5.74, 6) is -0.894. The minimum Gasteiger partial charge on any atom is -0.481 e. The number of carboxylic acid groups (broad SMARTS) is 1. The first-order chi connectivity index (χ1) is 9.02. The molecule has 0 spiro atoms. The molecule has 0 radical (unpaired) electrons. The van der Waals surface area contributed by atoms with Crippen molar-refractivity contribution in [1.82, 2.24) is 9.97 Å². The minimum absolute atomic E-state index is 0.0138. The molecule has 1 aliphatic rings. The second kappa shape index (κ2) is 5.64. The smallest absolute Gasteiger partial charge is 0.310 e. The van der Waals surface area contributed by atoms with Crippen LogP contribution in [-0.2, 0) is 9.59 Å². The summed E-state index contributed by atoms with van der Waals surface area (Å²) in [6.07, 6.45) is 5.71. The van der Waals surface area contributed by atoms with Crippen molar-refractivity contribution in [3.05, 3.63) is 17.0 Å². The van der Waals surface area contributed by atoms with Gasteiger partial charge in [0.05, 0.1) is 17.8 Å². The van der Waals surface area contributed by atoms with Gasteiger partial charge in [0.2, 0.25) is 5.91 Å². The van der Waals surface area contributed by atoms with Crippen molar-refractivity contribution in [2.45, 2.75) is 32.1 Å². The van der Waals surface area contributed by atoms with Crippen molar-refractivity contribution in [2.24, 2.45) is 5.41 Å². The molecule has 0 aliphatic heterocycles. The van der Waals surface area contributed by atoms with Crippen LogP contribution in [-0.4, -0.2) is 27.0 Å². The Morgan fingerprint density at radius 2 is 2.00 bits per heavy atom. The maximum Gasteiger partial charge on any atom is 0.310 e. The Labute approximate surface area is 118 Å². The molecule has 1 aromatic rings. The number of halogens is 1. The molecule has 7 heteroatoms. The summed E-state index contributed by atoms with van der Waals surface area (Å²) in [4.78, 5) is 31.2. The third kappa shape index (κ3) is 3.28. The van der Waals surface area contributed by atoms with Gasteiger partial charge in [-0.15, -0.1) is 0 Å². The van der Waals surface area contributed by atoms with E-state index in [1.165, 1.54) is 12.4 Å². The zero-order valence-corrected chi connectivity index (χ0v) is 11.8. The first-order valence-corrected chi connectivity index (χ1v) is 6.82. The zero-order valence-electron chi connectivity index (χ0n) is 10.2. The maximum absolute atomic E-state index is 11.9. The van der Waals surface area contributed by atoms with Crippen LogP contribution in [0.5, 0.6) is 0 Å². The molecular weight excluding hydrogens is 314 g/mol. The SMILES string of the molecule is O=C(CC1(C(=O)O)CCCC1)Nc1cnc(Br)cn1. The molecule has 6 nitrogen and oxygen atoms in total. The number of nitrogens with one attached hydrogen (secondary N) is 1. The van der Waals surface area contributed by atoms with E-state index in [0.717, 1.165) is 12.8 Å². The zero-order chi connectivity index (χ0) is 13.9. The lowest BCUT2D eigenvalue weighted by molar-refractivity contribution is -0.150. The predicted molar refractivity (Wildman–Crippen MR) is 71.5 cm³/mol. The standard InChI is InChI=1S/C12H14BrN3O3/c13-8-6-15-9(7-14-8)16-10(17)5-12(11(18)19)3-1-2-4-12/h6-7H,1-5H2,(H,18,19)(H,15,16,17). The van der Waals surface area contributed by atoms with E-state index in [0.29, 0.717) is 23.3 Å². The molecule has 1 heterocycles. The molecule has 0 bridgehead atoms. The molecule has 19 heavy (non-hydrogen) atoms. The fraction of sp³-hybridized carbons (Fsp3) is 0.500. The Bertz CT molecular complexity index is 483. The number of carboxylic acids is 1. The highest BCUT2D eigenvalue weighted by Gasteiger charge is 2.42. The van der Waals surface area contributed by atoms with Gasteiger partial charge >= 0.3 is 5.97 Å². The summed E-state index contributed by atoms with van der Waals surface area (Å²) < 4.78 is 0.572. The van der Waals surface area contributed by atoms with Crippen molar-refractivity contribution in [3.63, 3.8) is 0 Å². The van der Waals surface area contributed by atoms with Gasteiger partial charge in [0.1, 0.15) is 4.60 Å². The molecule has 1 fully saturated rings. The fourth-order valence-corrected chi connectivity index (χ4v) is 2.59. The summed E-state index contributed by atoms with van der Waals surface area (Å²) in [6.45, 7) is 0. The first-order valence-electron chi connectivity index (χ1n) is 6.03. The van der Waals surface area contributed by atoms with E-state index in [1.54, 1.807) is 0 Å². The molecule has 1 aromatic heterocycles. The van der Waals surface area contributed by atoms with E-state index < -0.39 is 11.4 Å². The van der Waals surface area contributed by atoms with Crippen molar-refractivity contribution in [3.8, 4) is 0 Å². The minimum atomic E-state index is -0.910. The number of hydrogen-bond donors (Lipinski definition) is 2. The van der Waals surface area contributed by atoms with Crippen LogP contribution in [0.3, 0.4) is 0 Å². The van der Waals surface area contributed by atoms with Crippen LogP contribution in [0.2, 0.25) is 0 Å². The van der Waals surface area contributed by atoms with Gasteiger partial charge in [0.15, 0.2) is 5.82 Å². The summed E-state index contributed by atoms with van der Waals surface area (Å²) in [6, 6.07) is 0. The highest BCUT2D eigenvalue weighted by Crippen LogP contribution is 2.41. The average molecular weight is 328 g/mol. The molecule has 1 aliphatic carbocycles. The molecular formula is C12H14BrN3O3. The third-order valence-electron chi connectivity index (χ3n) is 3.40. The summed E-state index contributed by atoms with van der Waals surface area (Å²) in [7, 11) is 0. The number of aromatic nitrogens is 2. The number of carbonyl (C=O) groups is 2. The molecule has 0 saturated heterocycles.